The van der Waals surface area contributed by atoms with Crippen molar-refractivity contribution in [3.63, 3.8) is 0 Å². The Kier molecular flexibility index (Phi) is 2.15. The number of nitrogens with one attached hydrogen (secondary N) is 1. The lowest BCUT2D eigenvalue weighted by atomic mass is 10.2. The van der Waals surface area contributed by atoms with E-state index in [1.54, 1.807) is 24.4 Å². The number of carbonyl (C=O) groups is 1. The zero-order valence-electron chi connectivity index (χ0n) is 8.54. The number of benzene rings is 1. The van der Waals surface area contributed by atoms with E-state index in [1.807, 2.05) is 6.07 Å². The SMILES string of the molecule is O=C(O)c1ccc2nc(-c3ccn[nH]3)sc2c1. The van der Waals surface area contributed by atoms with Gasteiger partial charge in [-0.05, 0) is 24.3 Å². The first-order valence-corrected chi connectivity index (χ1v) is 5.69. The highest BCUT2D eigenvalue weighted by atomic mass is 32.1. The fraction of sp³-hybridized carbons (Fsp3) is 0. The smallest absolute Gasteiger partial charge is 0.335 e. The number of hydrogen-bond acceptors (Lipinski definition) is 4. The minimum atomic E-state index is -0.927. The van der Waals surface area contributed by atoms with Gasteiger partial charge in [-0.25, -0.2) is 9.78 Å². The topological polar surface area (TPSA) is 78.9 Å². The second kappa shape index (κ2) is 3.67. The van der Waals surface area contributed by atoms with Gasteiger partial charge in [0, 0.05) is 6.20 Å². The van der Waals surface area contributed by atoms with E-state index in [-0.39, 0.29) is 5.56 Å². The maximum absolute atomic E-state index is 10.8. The molecule has 2 heterocycles. The van der Waals surface area contributed by atoms with E-state index in [1.165, 1.54) is 11.3 Å². The first-order chi connectivity index (χ1) is 8.24. The first-order valence-electron chi connectivity index (χ1n) is 4.88. The van der Waals surface area contributed by atoms with E-state index in [0.717, 1.165) is 20.9 Å². The van der Waals surface area contributed by atoms with Gasteiger partial charge in [0.1, 0.15) is 5.01 Å². The van der Waals surface area contributed by atoms with Crippen molar-refractivity contribution in [2.75, 3.05) is 0 Å². The second-order valence-corrected chi connectivity index (χ2v) is 4.51. The number of aromatic amines is 1. The minimum Gasteiger partial charge on any atom is -0.478 e. The number of rotatable bonds is 2. The predicted molar refractivity (Wildman–Crippen MR) is 64.2 cm³/mol. The third kappa shape index (κ3) is 1.68. The summed E-state index contributed by atoms with van der Waals surface area (Å²) >= 11 is 1.44. The number of H-pyrrole nitrogens is 1. The van der Waals surface area contributed by atoms with Gasteiger partial charge in [0.2, 0.25) is 0 Å². The summed E-state index contributed by atoms with van der Waals surface area (Å²) in [5.41, 5.74) is 1.91. The molecular weight excluding hydrogens is 238 g/mol. The molecule has 3 aromatic rings. The number of fused-ring (bicyclic) bond motifs is 1. The highest BCUT2D eigenvalue weighted by Gasteiger charge is 2.09. The van der Waals surface area contributed by atoms with E-state index >= 15 is 0 Å². The van der Waals surface area contributed by atoms with Crippen LogP contribution < -0.4 is 0 Å². The molecule has 0 bridgehead atoms. The maximum atomic E-state index is 10.8. The van der Waals surface area contributed by atoms with Gasteiger partial charge < -0.3 is 5.11 Å². The molecule has 0 spiro atoms. The number of carboxylic acid groups (broad SMARTS) is 1. The Morgan fingerprint density at radius 3 is 2.94 bits per heavy atom. The number of hydrogen-bond donors (Lipinski definition) is 2. The molecule has 0 aliphatic heterocycles. The van der Waals surface area contributed by atoms with E-state index in [4.69, 9.17) is 5.11 Å². The lowest BCUT2D eigenvalue weighted by Crippen LogP contribution is -1.94. The largest absolute Gasteiger partial charge is 0.478 e. The molecule has 5 nitrogen and oxygen atoms in total. The summed E-state index contributed by atoms with van der Waals surface area (Å²) in [6.45, 7) is 0. The average Bonchev–Trinajstić information content (AvgIpc) is 2.96. The van der Waals surface area contributed by atoms with Gasteiger partial charge in [0.25, 0.3) is 0 Å². The zero-order chi connectivity index (χ0) is 11.8. The summed E-state index contributed by atoms with van der Waals surface area (Å²) < 4.78 is 0.856. The summed E-state index contributed by atoms with van der Waals surface area (Å²) in [7, 11) is 0. The molecule has 0 saturated heterocycles. The van der Waals surface area contributed by atoms with Crippen LogP contribution in [0.25, 0.3) is 20.9 Å². The Hall–Kier alpha value is -2.21. The van der Waals surface area contributed by atoms with Crippen molar-refractivity contribution in [3.05, 3.63) is 36.0 Å². The number of carboxylic acids is 1. The molecule has 2 aromatic heterocycles. The van der Waals surface area contributed by atoms with Crippen molar-refractivity contribution in [1.82, 2.24) is 15.2 Å². The Morgan fingerprint density at radius 2 is 2.24 bits per heavy atom. The van der Waals surface area contributed by atoms with Crippen molar-refractivity contribution >= 4 is 27.5 Å². The third-order valence-electron chi connectivity index (χ3n) is 2.37. The van der Waals surface area contributed by atoms with Crippen molar-refractivity contribution in [2.24, 2.45) is 0 Å². The second-order valence-electron chi connectivity index (χ2n) is 3.48. The van der Waals surface area contributed by atoms with Crippen molar-refractivity contribution in [3.8, 4) is 10.7 Å². The number of aromatic carboxylic acids is 1. The van der Waals surface area contributed by atoms with Gasteiger partial charge in [-0.2, -0.15) is 5.10 Å². The molecule has 0 aliphatic rings. The summed E-state index contributed by atoms with van der Waals surface area (Å²) in [6, 6.07) is 6.74. The Labute approximate surface area is 99.7 Å². The summed E-state index contributed by atoms with van der Waals surface area (Å²) in [6.07, 6.45) is 1.66. The summed E-state index contributed by atoms with van der Waals surface area (Å²) in [5.74, 6) is -0.927. The molecule has 84 valence electrons. The maximum Gasteiger partial charge on any atom is 0.335 e. The fourth-order valence-electron chi connectivity index (χ4n) is 1.55. The number of aromatic nitrogens is 3. The molecule has 0 unspecified atom stereocenters. The van der Waals surface area contributed by atoms with Crippen LogP contribution in [0.4, 0.5) is 0 Å². The molecule has 3 rings (SSSR count). The van der Waals surface area contributed by atoms with Gasteiger partial charge >= 0.3 is 5.97 Å². The Balaban J connectivity index is 2.16. The molecule has 17 heavy (non-hydrogen) atoms. The molecule has 1 aromatic carbocycles. The molecule has 0 fully saturated rings. The summed E-state index contributed by atoms with van der Waals surface area (Å²) in [4.78, 5) is 15.3. The van der Waals surface area contributed by atoms with Crippen LogP contribution in [0.5, 0.6) is 0 Å². The minimum absolute atomic E-state index is 0.275. The summed E-state index contributed by atoms with van der Waals surface area (Å²) in [5, 5.41) is 16.4. The Bertz CT molecular complexity index is 688. The van der Waals surface area contributed by atoms with E-state index in [2.05, 4.69) is 15.2 Å². The molecule has 0 saturated carbocycles. The van der Waals surface area contributed by atoms with E-state index in [9.17, 15) is 4.79 Å². The number of nitrogens with zero attached hydrogens (tertiary/aromatic N) is 2. The highest BCUT2D eigenvalue weighted by molar-refractivity contribution is 7.21. The lowest BCUT2D eigenvalue weighted by molar-refractivity contribution is 0.0697. The van der Waals surface area contributed by atoms with Gasteiger partial charge in [0.05, 0.1) is 21.5 Å². The van der Waals surface area contributed by atoms with Crippen LogP contribution in [0.15, 0.2) is 30.5 Å². The predicted octanol–water partition coefficient (Wildman–Crippen LogP) is 2.38. The first kappa shape index (κ1) is 9.98. The standard InChI is InChI=1S/C11H7N3O2S/c15-11(16)6-1-2-7-9(5-6)17-10(13-7)8-3-4-12-14-8/h1-5H,(H,12,14)(H,15,16). The highest BCUT2D eigenvalue weighted by Crippen LogP contribution is 2.29. The average molecular weight is 245 g/mol. The Morgan fingerprint density at radius 1 is 1.35 bits per heavy atom. The van der Waals surface area contributed by atoms with E-state index < -0.39 is 5.97 Å². The van der Waals surface area contributed by atoms with Gasteiger partial charge in [-0.1, -0.05) is 0 Å². The fourth-order valence-corrected chi connectivity index (χ4v) is 2.53. The van der Waals surface area contributed by atoms with Gasteiger partial charge in [-0.3, -0.25) is 5.10 Å². The van der Waals surface area contributed by atoms with Crippen LogP contribution >= 0.6 is 11.3 Å². The lowest BCUT2D eigenvalue weighted by Gasteiger charge is -1.91. The molecule has 6 heteroatoms. The van der Waals surface area contributed by atoms with Gasteiger partial charge in [0.15, 0.2) is 0 Å². The van der Waals surface area contributed by atoms with Crippen molar-refractivity contribution < 1.29 is 9.90 Å². The van der Waals surface area contributed by atoms with E-state index in [0.29, 0.717) is 0 Å². The molecule has 0 radical (unpaired) electrons. The quantitative estimate of drug-likeness (QED) is 0.726. The van der Waals surface area contributed by atoms with Crippen molar-refractivity contribution in [1.29, 1.82) is 0 Å². The zero-order valence-corrected chi connectivity index (χ0v) is 9.36. The van der Waals surface area contributed by atoms with Crippen LogP contribution in [-0.2, 0) is 0 Å². The third-order valence-corrected chi connectivity index (χ3v) is 3.42. The van der Waals surface area contributed by atoms with Crippen LogP contribution in [0.3, 0.4) is 0 Å². The molecule has 2 N–H and O–H groups in total. The van der Waals surface area contributed by atoms with Crippen molar-refractivity contribution in [2.45, 2.75) is 0 Å². The molecule has 0 atom stereocenters. The molecule has 0 aliphatic carbocycles. The molecule has 0 amide bonds. The van der Waals surface area contributed by atoms with Crippen LogP contribution in [0, 0.1) is 0 Å². The van der Waals surface area contributed by atoms with Gasteiger partial charge in [-0.15, -0.1) is 11.3 Å². The normalized spacial score (nSPS) is 10.8. The number of thiazole rings is 1. The van der Waals surface area contributed by atoms with Crippen LogP contribution in [-0.4, -0.2) is 26.3 Å². The molecular formula is C11H7N3O2S. The van der Waals surface area contributed by atoms with Crippen LogP contribution in [0.2, 0.25) is 0 Å². The monoisotopic (exact) mass is 245 g/mol. The van der Waals surface area contributed by atoms with Crippen LogP contribution in [0.1, 0.15) is 10.4 Å².